The van der Waals surface area contributed by atoms with E-state index in [0.29, 0.717) is 0 Å². The smallest absolute Gasteiger partial charge is 0.255 e. The van der Waals surface area contributed by atoms with Crippen LogP contribution in [0.1, 0.15) is 15.9 Å². The molecular formula is C8H5ClF2O. The van der Waals surface area contributed by atoms with Crippen molar-refractivity contribution in [1.29, 1.82) is 0 Å². The molecule has 0 aromatic heterocycles. The Morgan fingerprint density at radius 1 is 1.50 bits per heavy atom. The minimum absolute atomic E-state index is 0.0185. The van der Waals surface area contributed by atoms with E-state index in [-0.39, 0.29) is 11.1 Å². The van der Waals surface area contributed by atoms with Gasteiger partial charge in [0.05, 0.1) is 5.56 Å². The lowest BCUT2D eigenvalue weighted by molar-refractivity contribution is 0.107. The lowest BCUT2D eigenvalue weighted by Crippen LogP contribution is -1.99. The van der Waals surface area contributed by atoms with Crippen LogP contribution in [0.4, 0.5) is 8.78 Å². The predicted molar refractivity (Wildman–Crippen MR) is 41.4 cm³/mol. The molecule has 1 rings (SSSR count). The van der Waals surface area contributed by atoms with Gasteiger partial charge in [0.25, 0.3) is 5.24 Å². The summed E-state index contributed by atoms with van der Waals surface area (Å²) in [6.45, 7) is -0.897. The Kier molecular flexibility index (Phi) is 2.76. The second kappa shape index (κ2) is 3.63. The summed E-state index contributed by atoms with van der Waals surface area (Å²) >= 11 is 5.05. The Hall–Kier alpha value is -0.960. The van der Waals surface area contributed by atoms with E-state index in [9.17, 15) is 13.6 Å². The Morgan fingerprint density at radius 3 is 2.58 bits per heavy atom. The SMILES string of the molecule is O=C(Cl)c1c(F)cccc1CF. The van der Waals surface area contributed by atoms with E-state index in [4.69, 9.17) is 11.6 Å². The van der Waals surface area contributed by atoms with E-state index >= 15 is 0 Å². The maximum atomic E-state index is 12.8. The van der Waals surface area contributed by atoms with E-state index in [2.05, 4.69) is 0 Å². The highest BCUT2D eigenvalue weighted by molar-refractivity contribution is 6.67. The second-order valence-electron chi connectivity index (χ2n) is 2.18. The normalized spacial score (nSPS) is 9.92. The molecular weight excluding hydrogens is 186 g/mol. The Bertz CT molecular complexity index is 312. The topological polar surface area (TPSA) is 17.1 Å². The fourth-order valence-corrected chi connectivity index (χ4v) is 1.11. The van der Waals surface area contributed by atoms with Crippen LogP contribution in [0.3, 0.4) is 0 Å². The molecule has 0 aliphatic heterocycles. The fraction of sp³-hybridized carbons (Fsp3) is 0.125. The summed E-state index contributed by atoms with van der Waals surface area (Å²) in [6, 6.07) is 3.71. The zero-order valence-corrected chi connectivity index (χ0v) is 6.74. The standard InChI is InChI=1S/C8H5ClF2O/c9-8(12)7-5(4-10)2-1-3-6(7)11/h1-3H,4H2. The summed E-state index contributed by atoms with van der Waals surface area (Å²) in [5.74, 6) is -0.787. The van der Waals surface area contributed by atoms with Crippen molar-refractivity contribution < 1.29 is 13.6 Å². The quantitative estimate of drug-likeness (QED) is 0.656. The summed E-state index contributed by atoms with van der Waals surface area (Å²) in [5, 5.41) is -0.972. The van der Waals surface area contributed by atoms with Crippen molar-refractivity contribution >= 4 is 16.8 Å². The molecule has 0 bridgehead atoms. The molecule has 4 heteroatoms. The average molecular weight is 191 g/mol. The molecule has 12 heavy (non-hydrogen) atoms. The van der Waals surface area contributed by atoms with Gasteiger partial charge >= 0.3 is 0 Å². The molecule has 0 fully saturated rings. The van der Waals surface area contributed by atoms with Crippen molar-refractivity contribution in [3.05, 3.63) is 35.1 Å². The third-order valence-corrected chi connectivity index (χ3v) is 1.63. The molecule has 0 atom stereocenters. The largest absolute Gasteiger partial charge is 0.275 e. The first-order chi connectivity index (χ1) is 5.66. The number of benzene rings is 1. The van der Waals surface area contributed by atoms with E-state index in [1.165, 1.54) is 12.1 Å². The average Bonchev–Trinajstić information content (AvgIpc) is 2.03. The third-order valence-electron chi connectivity index (χ3n) is 1.44. The minimum atomic E-state index is -0.972. The fourth-order valence-electron chi connectivity index (χ4n) is 0.900. The van der Waals surface area contributed by atoms with Gasteiger partial charge in [0, 0.05) is 0 Å². The van der Waals surface area contributed by atoms with Crippen LogP contribution in [0.15, 0.2) is 18.2 Å². The van der Waals surface area contributed by atoms with Gasteiger partial charge in [0.15, 0.2) is 0 Å². The predicted octanol–water partition coefficient (Wildman–Crippen LogP) is 2.67. The molecule has 0 spiro atoms. The summed E-state index contributed by atoms with van der Waals surface area (Å²) in [5.41, 5.74) is -0.392. The van der Waals surface area contributed by atoms with Gasteiger partial charge < -0.3 is 0 Å². The van der Waals surface area contributed by atoms with Crippen molar-refractivity contribution in [2.45, 2.75) is 6.67 Å². The first kappa shape index (κ1) is 9.13. The number of carbonyl (C=O) groups excluding carboxylic acids is 1. The van der Waals surface area contributed by atoms with Crippen LogP contribution in [0.25, 0.3) is 0 Å². The number of halogens is 3. The van der Waals surface area contributed by atoms with Gasteiger partial charge in [-0.25, -0.2) is 8.78 Å². The molecule has 0 N–H and O–H groups in total. The Balaban J connectivity index is 3.29. The number of alkyl halides is 1. The van der Waals surface area contributed by atoms with Crippen LogP contribution in [-0.4, -0.2) is 5.24 Å². The Labute approximate surface area is 73.0 Å². The highest BCUT2D eigenvalue weighted by atomic mass is 35.5. The van der Waals surface area contributed by atoms with Gasteiger partial charge in [-0.2, -0.15) is 0 Å². The number of carbonyl (C=O) groups is 1. The van der Waals surface area contributed by atoms with Crippen LogP contribution in [0.5, 0.6) is 0 Å². The first-order valence-electron chi connectivity index (χ1n) is 3.20. The van der Waals surface area contributed by atoms with E-state index in [1.54, 1.807) is 0 Å². The van der Waals surface area contributed by atoms with Crippen molar-refractivity contribution in [2.24, 2.45) is 0 Å². The minimum Gasteiger partial charge on any atom is -0.275 e. The van der Waals surface area contributed by atoms with Crippen LogP contribution in [0.2, 0.25) is 0 Å². The molecule has 0 aliphatic rings. The maximum absolute atomic E-state index is 12.8. The molecule has 0 heterocycles. The molecule has 1 aromatic carbocycles. The molecule has 0 saturated heterocycles. The molecule has 0 amide bonds. The summed E-state index contributed by atoms with van der Waals surface area (Å²) in [6.07, 6.45) is 0. The zero-order valence-electron chi connectivity index (χ0n) is 5.98. The van der Waals surface area contributed by atoms with Gasteiger partial charge in [-0.15, -0.1) is 0 Å². The van der Waals surface area contributed by atoms with Gasteiger partial charge in [-0.1, -0.05) is 12.1 Å². The molecule has 64 valence electrons. The van der Waals surface area contributed by atoms with E-state index < -0.39 is 17.7 Å². The molecule has 0 saturated carbocycles. The van der Waals surface area contributed by atoms with Crippen molar-refractivity contribution in [3.8, 4) is 0 Å². The van der Waals surface area contributed by atoms with Crippen molar-refractivity contribution in [1.82, 2.24) is 0 Å². The molecule has 1 aromatic rings. The summed E-state index contributed by atoms with van der Waals surface area (Å²) < 4.78 is 25.0. The van der Waals surface area contributed by atoms with Gasteiger partial charge in [-0.3, -0.25) is 4.79 Å². The van der Waals surface area contributed by atoms with Crippen LogP contribution < -0.4 is 0 Å². The zero-order chi connectivity index (χ0) is 9.14. The lowest BCUT2D eigenvalue weighted by atomic mass is 10.1. The molecule has 0 radical (unpaired) electrons. The lowest BCUT2D eigenvalue weighted by Gasteiger charge is -2.01. The van der Waals surface area contributed by atoms with Gasteiger partial charge in [0.2, 0.25) is 0 Å². The highest BCUT2D eigenvalue weighted by Gasteiger charge is 2.13. The van der Waals surface area contributed by atoms with E-state index in [1.807, 2.05) is 0 Å². The summed E-state index contributed by atoms with van der Waals surface area (Å²) in [4.78, 5) is 10.6. The highest BCUT2D eigenvalue weighted by Crippen LogP contribution is 2.16. The van der Waals surface area contributed by atoms with Crippen LogP contribution in [-0.2, 0) is 6.67 Å². The molecule has 1 nitrogen and oxygen atoms in total. The maximum Gasteiger partial charge on any atom is 0.255 e. The van der Waals surface area contributed by atoms with E-state index in [0.717, 1.165) is 6.07 Å². The molecule has 0 unspecified atom stereocenters. The van der Waals surface area contributed by atoms with Crippen LogP contribution >= 0.6 is 11.6 Å². The summed E-state index contributed by atoms with van der Waals surface area (Å²) in [7, 11) is 0. The third kappa shape index (κ3) is 1.61. The number of hydrogen-bond donors (Lipinski definition) is 0. The first-order valence-corrected chi connectivity index (χ1v) is 3.57. The molecule has 0 aliphatic carbocycles. The van der Waals surface area contributed by atoms with Gasteiger partial charge in [-0.05, 0) is 23.2 Å². The number of rotatable bonds is 2. The van der Waals surface area contributed by atoms with Crippen LogP contribution in [0, 0.1) is 5.82 Å². The second-order valence-corrected chi connectivity index (χ2v) is 2.52. The van der Waals surface area contributed by atoms with Gasteiger partial charge in [0.1, 0.15) is 12.5 Å². The van der Waals surface area contributed by atoms with Crippen molar-refractivity contribution in [3.63, 3.8) is 0 Å². The monoisotopic (exact) mass is 190 g/mol. The Morgan fingerprint density at radius 2 is 2.17 bits per heavy atom. The van der Waals surface area contributed by atoms with Crippen molar-refractivity contribution in [2.75, 3.05) is 0 Å². The number of hydrogen-bond acceptors (Lipinski definition) is 1.